The zero-order chi connectivity index (χ0) is 11.3. The maximum absolute atomic E-state index is 11.0. The highest BCUT2D eigenvalue weighted by atomic mass is 16.7. The molecule has 82 valence electrons. The molecule has 0 atom stereocenters. The molecule has 0 aliphatic heterocycles. The summed E-state index contributed by atoms with van der Waals surface area (Å²) in [7, 11) is 2.64. The molecule has 1 N–H and O–H groups in total. The largest absolute Gasteiger partial charge is 0.477 e. The summed E-state index contributed by atoms with van der Waals surface area (Å²) in [6, 6.07) is 9.21. The van der Waals surface area contributed by atoms with Crippen molar-refractivity contribution < 1.29 is 19.4 Å². The van der Waals surface area contributed by atoms with Crippen molar-refractivity contribution in [1.82, 2.24) is 0 Å². The lowest BCUT2D eigenvalue weighted by Crippen LogP contribution is -2.44. The molecular weight excluding hydrogens is 196 g/mol. The van der Waals surface area contributed by atoms with Crippen molar-refractivity contribution in [3.8, 4) is 0 Å². The summed E-state index contributed by atoms with van der Waals surface area (Å²) in [4.78, 5) is 11.0. The molecule has 0 aliphatic carbocycles. The van der Waals surface area contributed by atoms with Crippen LogP contribution in [0.25, 0.3) is 0 Å². The van der Waals surface area contributed by atoms with Gasteiger partial charge in [-0.05, 0) is 5.56 Å². The van der Waals surface area contributed by atoms with Gasteiger partial charge in [0.1, 0.15) is 0 Å². The van der Waals surface area contributed by atoms with Gasteiger partial charge in [0.2, 0.25) is 0 Å². The second kappa shape index (κ2) is 4.91. The van der Waals surface area contributed by atoms with E-state index in [2.05, 4.69) is 0 Å². The summed E-state index contributed by atoms with van der Waals surface area (Å²) in [5, 5.41) is 9.04. The first kappa shape index (κ1) is 11.7. The van der Waals surface area contributed by atoms with Crippen LogP contribution in [0, 0.1) is 0 Å². The van der Waals surface area contributed by atoms with Gasteiger partial charge in [-0.25, -0.2) is 4.79 Å². The highest BCUT2D eigenvalue weighted by Crippen LogP contribution is 2.18. The second-order valence-electron chi connectivity index (χ2n) is 3.13. The van der Waals surface area contributed by atoms with Crippen molar-refractivity contribution in [3.63, 3.8) is 0 Å². The van der Waals surface area contributed by atoms with E-state index in [0.29, 0.717) is 0 Å². The smallest absolute Gasteiger partial charge is 0.364 e. The fourth-order valence-electron chi connectivity index (χ4n) is 1.34. The molecule has 0 bridgehead atoms. The molecule has 0 radical (unpaired) electrons. The molecule has 0 amide bonds. The van der Waals surface area contributed by atoms with Crippen LogP contribution in [0.1, 0.15) is 5.56 Å². The highest BCUT2D eigenvalue weighted by molar-refractivity contribution is 5.76. The molecule has 0 unspecified atom stereocenters. The lowest BCUT2D eigenvalue weighted by Gasteiger charge is -2.25. The van der Waals surface area contributed by atoms with Crippen molar-refractivity contribution in [2.45, 2.75) is 12.2 Å². The molecule has 0 aliphatic rings. The molecule has 1 aromatic rings. The molecule has 0 saturated carbocycles. The van der Waals surface area contributed by atoms with Gasteiger partial charge in [-0.15, -0.1) is 0 Å². The number of hydrogen-bond acceptors (Lipinski definition) is 3. The van der Waals surface area contributed by atoms with Gasteiger partial charge in [0, 0.05) is 20.6 Å². The third kappa shape index (κ3) is 2.55. The lowest BCUT2D eigenvalue weighted by molar-refractivity contribution is -0.224. The Bertz CT molecular complexity index is 317. The SMILES string of the molecule is COC(Cc1ccccc1)(OC)C(=O)O. The van der Waals surface area contributed by atoms with Crippen molar-refractivity contribution in [2.24, 2.45) is 0 Å². The standard InChI is InChI=1S/C11H14O4/c1-14-11(15-2,10(12)13)8-9-6-4-3-5-7-9/h3-7H,8H2,1-2H3,(H,12,13). The summed E-state index contributed by atoms with van der Waals surface area (Å²) in [6.45, 7) is 0. The Morgan fingerprint density at radius 1 is 1.27 bits per heavy atom. The van der Waals surface area contributed by atoms with E-state index in [1.807, 2.05) is 30.3 Å². The number of carboxylic acid groups (broad SMARTS) is 1. The maximum Gasteiger partial charge on any atom is 0.364 e. The molecule has 0 spiro atoms. The molecule has 1 rings (SSSR count). The van der Waals surface area contributed by atoms with E-state index < -0.39 is 11.8 Å². The Labute approximate surface area is 88.4 Å². The summed E-state index contributed by atoms with van der Waals surface area (Å²) in [5.74, 6) is -2.72. The average Bonchev–Trinajstić information content (AvgIpc) is 2.27. The van der Waals surface area contributed by atoms with Crippen LogP contribution < -0.4 is 0 Å². The van der Waals surface area contributed by atoms with E-state index in [9.17, 15) is 4.79 Å². The van der Waals surface area contributed by atoms with Gasteiger partial charge in [0.25, 0.3) is 5.79 Å². The summed E-state index contributed by atoms with van der Waals surface area (Å²) in [5.41, 5.74) is 0.851. The van der Waals surface area contributed by atoms with Crippen LogP contribution in [0.15, 0.2) is 30.3 Å². The zero-order valence-electron chi connectivity index (χ0n) is 8.77. The van der Waals surface area contributed by atoms with Gasteiger partial charge in [-0.3, -0.25) is 0 Å². The van der Waals surface area contributed by atoms with E-state index in [1.54, 1.807) is 0 Å². The van der Waals surface area contributed by atoms with Gasteiger partial charge < -0.3 is 14.6 Å². The van der Waals surface area contributed by atoms with Crippen molar-refractivity contribution in [3.05, 3.63) is 35.9 Å². The first-order chi connectivity index (χ1) is 7.14. The van der Waals surface area contributed by atoms with Gasteiger partial charge in [0.05, 0.1) is 0 Å². The minimum Gasteiger partial charge on any atom is -0.477 e. The minimum atomic E-state index is -1.60. The first-order valence-corrected chi connectivity index (χ1v) is 4.52. The molecule has 0 heterocycles. The normalized spacial score (nSPS) is 11.3. The summed E-state index contributed by atoms with van der Waals surface area (Å²) >= 11 is 0. The van der Waals surface area contributed by atoms with Crippen LogP contribution in [-0.4, -0.2) is 31.1 Å². The molecule has 4 heteroatoms. The monoisotopic (exact) mass is 210 g/mol. The van der Waals surface area contributed by atoms with Crippen LogP contribution in [0.5, 0.6) is 0 Å². The van der Waals surface area contributed by atoms with E-state index in [4.69, 9.17) is 14.6 Å². The number of benzene rings is 1. The lowest BCUT2D eigenvalue weighted by atomic mass is 10.1. The zero-order valence-corrected chi connectivity index (χ0v) is 8.77. The number of aliphatic carboxylic acids is 1. The number of carboxylic acids is 1. The number of methoxy groups -OCH3 is 2. The van der Waals surface area contributed by atoms with E-state index in [1.165, 1.54) is 14.2 Å². The topological polar surface area (TPSA) is 55.8 Å². The van der Waals surface area contributed by atoms with Crippen molar-refractivity contribution >= 4 is 5.97 Å². The highest BCUT2D eigenvalue weighted by Gasteiger charge is 2.39. The molecule has 4 nitrogen and oxygen atoms in total. The number of carbonyl (C=O) groups is 1. The average molecular weight is 210 g/mol. The number of ether oxygens (including phenoxy) is 2. The Kier molecular flexibility index (Phi) is 3.82. The predicted octanol–water partition coefficient (Wildman–Crippen LogP) is 1.30. The van der Waals surface area contributed by atoms with Crippen molar-refractivity contribution in [1.29, 1.82) is 0 Å². The van der Waals surface area contributed by atoms with Gasteiger partial charge in [-0.1, -0.05) is 30.3 Å². The number of rotatable bonds is 5. The molecule has 0 fully saturated rings. The Morgan fingerprint density at radius 2 is 1.80 bits per heavy atom. The third-order valence-electron chi connectivity index (χ3n) is 2.26. The van der Waals surface area contributed by atoms with E-state index in [-0.39, 0.29) is 6.42 Å². The number of hydrogen-bond donors (Lipinski definition) is 1. The van der Waals surface area contributed by atoms with Crippen LogP contribution in [0.4, 0.5) is 0 Å². The predicted molar refractivity (Wildman–Crippen MR) is 54.5 cm³/mol. The molecule has 0 saturated heterocycles. The molecule has 15 heavy (non-hydrogen) atoms. The quantitative estimate of drug-likeness (QED) is 0.744. The van der Waals surface area contributed by atoms with Gasteiger partial charge >= 0.3 is 5.97 Å². The fourth-order valence-corrected chi connectivity index (χ4v) is 1.34. The molecule has 0 aromatic heterocycles. The minimum absolute atomic E-state index is 0.177. The summed E-state index contributed by atoms with van der Waals surface area (Å²) in [6.07, 6.45) is 0.177. The molecule has 1 aromatic carbocycles. The van der Waals surface area contributed by atoms with E-state index in [0.717, 1.165) is 5.56 Å². The fraction of sp³-hybridized carbons (Fsp3) is 0.364. The van der Waals surface area contributed by atoms with Crippen LogP contribution >= 0.6 is 0 Å². The maximum atomic E-state index is 11.0. The van der Waals surface area contributed by atoms with Gasteiger partial charge in [0.15, 0.2) is 0 Å². The summed E-state index contributed by atoms with van der Waals surface area (Å²) < 4.78 is 9.86. The van der Waals surface area contributed by atoms with Gasteiger partial charge in [-0.2, -0.15) is 0 Å². The van der Waals surface area contributed by atoms with Crippen LogP contribution in [0.3, 0.4) is 0 Å². The Balaban J connectivity index is 2.89. The first-order valence-electron chi connectivity index (χ1n) is 4.52. The Morgan fingerprint density at radius 3 is 2.20 bits per heavy atom. The van der Waals surface area contributed by atoms with Crippen molar-refractivity contribution in [2.75, 3.05) is 14.2 Å². The molecular formula is C11H14O4. The van der Waals surface area contributed by atoms with Crippen LogP contribution in [0.2, 0.25) is 0 Å². The van der Waals surface area contributed by atoms with E-state index >= 15 is 0 Å². The second-order valence-corrected chi connectivity index (χ2v) is 3.13. The van der Waals surface area contributed by atoms with Crippen LogP contribution in [-0.2, 0) is 20.7 Å². The Hall–Kier alpha value is -1.39. The third-order valence-corrected chi connectivity index (χ3v) is 2.26.